The van der Waals surface area contributed by atoms with E-state index in [9.17, 15) is 9.59 Å². The molecule has 4 rings (SSSR count). The Morgan fingerprint density at radius 1 is 0.963 bits per heavy atom. The highest BCUT2D eigenvalue weighted by Gasteiger charge is 2.20. The highest BCUT2D eigenvalue weighted by molar-refractivity contribution is 5.97. The first kappa shape index (κ1) is 17.4. The Bertz CT molecular complexity index is 859. The van der Waals surface area contributed by atoms with Gasteiger partial charge < -0.3 is 19.7 Å². The molecule has 0 aliphatic carbocycles. The zero-order valence-electron chi connectivity index (χ0n) is 15.1. The molecule has 27 heavy (non-hydrogen) atoms. The number of fused-ring (bicyclic) bond motifs is 1. The molecule has 6 heteroatoms. The molecular weight excluding hydrogens is 344 g/mol. The van der Waals surface area contributed by atoms with E-state index >= 15 is 0 Å². The molecule has 1 saturated heterocycles. The van der Waals surface area contributed by atoms with Crippen molar-refractivity contribution in [3.8, 4) is 11.5 Å². The second-order valence-corrected chi connectivity index (χ2v) is 6.78. The molecule has 2 aliphatic heterocycles. The van der Waals surface area contributed by atoms with Gasteiger partial charge in [0.1, 0.15) is 13.2 Å². The smallest absolute Gasteiger partial charge is 0.253 e. The minimum absolute atomic E-state index is 0.0236. The van der Waals surface area contributed by atoms with Gasteiger partial charge in [0.25, 0.3) is 5.91 Å². The molecule has 2 amide bonds. The van der Waals surface area contributed by atoms with Crippen LogP contribution in [0.15, 0.2) is 42.5 Å². The van der Waals surface area contributed by atoms with Gasteiger partial charge in [-0.15, -0.1) is 0 Å². The van der Waals surface area contributed by atoms with Gasteiger partial charge in [-0.25, -0.2) is 0 Å². The number of hydrogen-bond acceptors (Lipinski definition) is 4. The van der Waals surface area contributed by atoms with Gasteiger partial charge in [0, 0.05) is 24.3 Å². The number of benzene rings is 2. The molecular formula is C21H22N2O4. The average Bonchev–Trinajstić information content (AvgIpc) is 3.22. The summed E-state index contributed by atoms with van der Waals surface area (Å²) in [6.45, 7) is 2.67. The summed E-state index contributed by atoms with van der Waals surface area (Å²) in [7, 11) is 0. The maximum absolute atomic E-state index is 12.5. The van der Waals surface area contributed by atoms with Crippen molar-refractivity contribution in [2.45, 2.75) is 19.3 Å². The Hall–Kier alpha value is -3.02. The fourth-order valence-electron chi connectivity index (χ4n) is 3.42. The molecule has 0 atom stereocenters. The summed E-state index contributed by atoms with van der Waals surface area (Å²) < 4.78 is 11.1. The summed E-state index contributed by atoms with van der Waals surface area (Å²) in [6, 6.07) is 12.6. The number of hydrogen-bond donors (Lipinski definition) is 1. The van der Waals surface area contributed by atoms with E-state index in [1.165, 1.54) is 0 Å². The maximum atomic E-state index is 12.5. The third-order valence-electron chi connectivity index (χ3n) is 4.76. The minimum Gasteiger partial charge on any atom is -0.486 e. The number of amides is 2. The van der Waals surface area contributed by atoms with Gasteiger partial charge in [-0.05, 0) is 48.7 Å². The number of rotatable bonds is 4. The molecule has 0 saturated carbocycles. The fourth-order valence-corrected chi connectivity index (χ4v) is 3.42. The number of anilines is 1. The van der Waals surface area contributed by atoms with Crippen LogP contribution in [0.3, 0.4) is 0 Å². The molecule has 0 spiro atoms. The van der Waals surface area contributed by atoms with Gasteiger partial charge >= 0.3 is 0 Å². The van der Waals surface area contributed by atoms with Gasteiger partial charge in [-0.2, -0.15) is 0 Å². The topological polar surface area (TPSA) is 67.9 Å². The summed E-state index contributed by atoms with van der Waals surface area (Å²) in [5, 5.41) is 2.87. The quantitative estimate of drug-likeness (QED) is 0.904. The van der Waals surface area contributed by atoms with E-state index in [2.05, 4.69) is 5.32 Å². The third-order valence-corrected chi connectivity index (χ3v) is 4.76. The molecule has 2 aliphatic rings. The summed E-state index contributed by atoms with van der Waals surface area (Å²) in [6.07, 6.45) is 2.33. The lowest BCUT2D eigenvalue weighted by molar-refractivity contribution is -0.115. The number of nitrogens with zero attached hydrogens (tertiary/aromatic N) is 1. The van der Waals surface area contributed by atoms with Crippen molar-refractivity contribution in [3.05, 3.63) is 53.6 Å². The van der Waals surface area contributed by atoms with Gasteiger partial charge in [-0.1, -0.05) is 12.1 Å². The van der Waals surface area contributed by atoms with Crippen molar-refractivity contribution < 1.29 is 19.1 Å². The van der Waals surface area contributed by atoms with E-state index in [-0.39, 0.29) is 18.2 Å². The third kappa shape index (κ3) is 4.05. The van der Waals surface area contributed by atoms with Crippen molar-refractivity contribution in [2.24, 2.45) is 0 Å². The molecule has 0 bridgehead atoms. The first-order valence-electron chi connectivity index (χ1n) is 9.27. The Morgan fingerprint density at radius 2 is 1.74 bits per heavy atom. The standard InChI is InChI=1S/C21H22N2O4/c24-20(13-15-6-7-18-19(12-15)27-11-10-26-18)22-17-5-3-4-16(14-17)21(25)23-8-1-2-9-23/h3-7,12,14H,1-2,8-11,13H2,(H,22,24). The predicted octanol–water partition coefficient (Wildman–Crippen LogP) is 2.88. The zero-order valence-corrected chi connectivity index (χ0v) is 15.1. The monoisotopic (exact) mass is 366 g/mol. The van der Waals surface area contributed by atoms with Crippen LogP contribution in [0.4, 0.5) is 5.69 Å². The molecule has 1 fully saturated rings. The number of nitrogens with one attached hydrogen (secondary N) is 1. The van der Waals surface area contributed by atoms with E-state index in [4.69, 9.17) is 9.47 Å². The van der Waals surface area contributed by atoms with E-state index in [0.717, 1.165) is 31.5 Å². The van der Waals surface area contributed by atoms with Crippen LogP contribution in [0.5, 0.6) is 11.5 Å². The molecule has 0 unspecified atom stereocenters. The Labute approximate surface area is 158 Å². The van der Waals surface area contributed by atoms with Crippen LogP contribution in [-0.2, 0) is 11.2 Å². The summed E-state index contributed by atoms with van der Waals surface area (Å²) >= 11 is 0. The lowest BCUT2D eigenvalue weighted by Gasteiger charge is -2.18. The van der Waals surface area contributed by atoms with Crippen LogP contribution in [0, 0.1) is 0 Å². The van der Waals surface area contributed by atoms with E-state index < -0.39 is 0 Å². The van der Waals surface area contributed by atoms with Crippen LogP contribution in [0.25, 0.3) is 0 Å². The Balaban J connectivity index is 1.41. The average molecular weight is 366 g/mol. The number of carbonyl (C=O) groups is 2. The summed E-state index contributed by atoms with van der Waals surface area (Å²) in [5.74, 6) is 1.26. The molecule has 2 aromatic rings. The van der Waals surface area contributed by atoms with Crippen molar-refractivity contribution in [3.63, 3.8) is 0 Å². The molecule has 140 valence electrons. The molecule has 2 aromatic carbocycles. The number of ether oxygens (including phenoxy) is 2. The Kier molecular flexibility index (Phi) is 4.96. The van der Waals surface area contributed by atoms with E-state index in [1.54, 1.807) is 24.3 Å². The highest BCUT2D eigenvalue weighted by Crippen LogP contribution is 2.31. The first-order valence-corrected chi connectivity index (χ1v) is 9.27. The van der Waals surface area contributed by atoms with E-state index in [0.29, 0.717) is 36.0 Å². The second kappa shape index (κ2) is 7.70. The van der Waals surface area contributed by atoms with Gasteiger partial charge in [0.05, 0.1) is 6.42 Å². The zero-order chi connectivity index (χ0) is 18.6. The molecule has 0 aromatic heterocycles. The van der Waals surface area contributed by atoms with Crippen molar-refractivity contribution >= 4 is 17.5 Å². The molecule has 1 N–H and O–H groups in total. The second-order valence-electron chi connectivity index (χ2n) is 6.78. The molecule has 6 nitrogen and oxygen atoms in total. The van der Waals surface area contributed by atoms with Crippen LogP contribution in [0.2, 0.25) is 0 Å². The first-order chi connectivity index (χ1) is 13.2. The van der Waals surface area contributed by atoms with E-state index in [1.807, 2.05) is 23.1 Å². The van der Waals surface area contributed by atoms with Crippen LogP contribution >= 0.6 is 0 Å². The highest BCUT2D eigenvalue weighted by atomic mass is 16.6. The normalized spacial score (nSPS) is 15.5. The van der Waals surface area contributed by atoms with Crippen molar-refractivity contribution in [2.75, 3.05) is 31.6 Å². The number of carbonyl (C=O) groups excluding carboxylic acids is 2. The van der Waals surface area contributed by atoms with Gasteiger partial charge in [-0.3, -0.25) is 9.59 Å². The molecule has 2 heterocycles. The maximum Gasteiger partial charge on any atom is 0.253 e. The van der Waals surface area contributed by atoms with Crippen molar-refractivity contribution in [1.29, 1.82) is 0 Å². The van der Waals surface area contributed by atoms with Crippen LogP contribution < -0.4 is 14.8 Å². The molecule has 0 radical (unpaired) electrons. The van der Waals surface area contributed by atoms with Crippen LogP contribution in [0.1, 0.15) is 28.8 Å². The fraction of sp³-hybridized carbons (Fsp3) is 0.333. The predicted molar refractivity (Wildman–Crippen MR) is 101 cm³/mol. The minimum atomic E-state index is -0.141. The largest absolute Gasteiger partial charge is 0.486 e. The van der Waals surface area contributed by atoms with Gasteiger partial charge in [0.15, 0.2) is 11.5 Å². The lowest BCUT2D eigenvalue weighted by Crippen LogP contribution is -2.27. The van der Waals surface area contributed by atoms with Crippen LogP contribution in [-0.4, -0.2) is 43.0 Å². The summed E-state index contributed by atoms with van der Waals surface area (Å²) in [5.41, 5.74) is 2.08. The Morgan fingerprint density at radius 3 is 2.56 bits per heavy atom. The van der Waals surface area contributed by atoms with Gasteiger partial charge in [0.2, 0.25) is 5.91 Å². The SMILES string of the molecule is O=C(Cc1ccc2c(c1)OCCO2)Nc1cccc(C(=O)N2CCCC2)c1. The van der Waals surface area contributed by atoms with Crippen molar-refractivity contribution in [1.82, 2.24) is 4.90 Å². The lowest BCUT2D eigenvalue weighted by atomic mass is 10.1. The number of likely N-dealkylation sites (tertiary alicyclic amines) is 1. The summed E-state index contributed by atoms with van der Waals surface area (Å²) in [4.78, 5) is 26.8.